The topological polar surface area (TPSA) is 59.8 Å². The van der Waals surface area contributed by atoms with Crippen molar-refractivity contribution in [3.05, 3.63) is 23.5 Å². The van der Waals surface area contributed by atoms with E-state index in [1.165, 1.54) is 0 Å². The zero-order valence-corrected chi connectivity index (χ0v) is 12.1. The molecular formula is C14H20N4O. The van der Waals surface area contributed by atoms with Crippen LogP contribution in [0.3, 0.4) is 0 Å². The zero-order chi connectivity index (χ0) is 14.2. The van der Waals surface area contributed by atoms with Crippen LogP contribution in [0.1, 0.15) is 49.8 Å². The van der Waals surface area contributed by atoms with Gasteiger partial charge in [-0.3, -0.25) is 4.79 Å². The van der Waals surface area contributed by atoms with Gasteiger partial charge in [-0.05, 0) is 40.7 Å². The molecule has 0 saturated carbocycles. The summed E-state index contributed by atoms with van der Waals surface area (Å²) in [5.41, 5.74) is 2.17. The second-order valence-corrected chi connectivity index (χ2v) is 5.35. The molecule has 0 aliphatic rings. The minimum atomic E-state index is -0.0841. The monoisotopic (exact) mass is 260 g/mol. The Morgan fingerprint density at radius 3 is 2.58 bits per heavy atom. The Kier molecular flexibility index (Phi) is 3.55. The van der Waals surface area contributed by atoms with Crippen molar-refractivity contribution in [2.45, 2.75) is 46.7 Å². The lowest BCUT2D eigenvalue weighted by molar-refractivity contribution is 0.0942. The highest BCUT2D eigenvalue weighted by atomic mass is 16.1. The van der Waals surface area contributed by atoms with Gasteiger partial charge in [-0.2, -0.15) is 5.10 Å². The molecular weight excluding hydrogens is 240 g/mol. The fraction of sp³-hybridized carbons (Fsp3) is 0.500. The van der Waals surface area contributed by atoms with Gasteiger partial charge in [0.15, 0.2) is 5.65 Å². The molecule has 0 fully saturated rings. The van der Waals surface area contributed by atoms with Crippen LogP contribution in [0.4, 0.5) is 0 Å². The molecule has 1 N–H and O–H groups in total. The van der Waals surface area contributed by atoms with E-state index in [0.29, 0.717) is 5.56 Å². The van der Waals surface area contributed by atoms with E-state index in [-0.39, 0.29) is 18.0 Å². The van der Waals surface area contributed by atoms with Gasteiger partial charge < -0.3 is 5.32 Å². The first-order valence-corrected chi connectivity index (χ1v) is 6.56. The highest BCUT2D eigenvalue weighted by Gasteiger charge is 2.15. The lowest BCUT2D eigenvalue weighted by Gasteiger charge is -2.11. The van der Waals surface area contributed by atoms with Gasteiger partial charge in [-0.1, -0.05) is 0 Å². The van der Waals surface area contributed by atoms with Crippen molar-refractivity contribution >= 4 is 16.9 Å². The first-order valence-electron chi connectivity index (χ1n) is 6.56. The van der Waals surface area contributed by atoms with Crippen molar-refractivity contribution in [1.29, 1.82) is 0 Å². The predicted molar refractivity (Wildman–Crippen MR) is 75.3 cm³/mol. The summed E-state index contributed by atoms with van der Waals surface area (Å²) in [5, 5.41) is 8.10. The summed E-state index contributed by atoms with van der Waals surface area (Å²) in [4.78, 5) is 16.6. The number of rotatable bonds is 3. The van der Waals surface area contributed by atoms with E-state index in [1.54, 1.807) is 6.20 Å². The largest absolute Gasteiger partial charge is 0.350 e. The molecule has 102 valence electrons. The maximum absolute atomic E-state index is 12.1. The number of aryl methyl sites for hydroxylation is 1. The van der Waals surface area contributed by atoms with E-state index in [9.17, 15) is 4.79 Å². The normalized spacial score (nSPS) is 11.5. The highest BCUT2D eigenvalue weighted by Crippen LogP contribution is 2.19. The molecule has 0 spiro atoms. The van der Waals surface area contributed by atoms with Crippen LogP contribution >= 0.6 is 0 Å². The molecule has 2 rings (SSSR count). The average molecular weight is 260 g/mol. The fourth-order valence-electron chi connectivity index (χ4n) is 2.01. The van der Waals surface area contributed by atoms with Crippen LogP contribution in [0.5, 0.6) is 0 Å². The van der Waals surface area contributed by atoms with Crippen molar-refractivity contribution in [3.8, 4) is 0 Å². The zero-order valence-electron chi connectivity index (χ0n) is 12.1. The Balaban J connectivity index is 2.49. The van der Waals surface area contributed by atoms with Gasteiger partial charge in [0.25, 0.3) is 5.91 Å². The van der Waals surface area contributed by atoms with Crippen molar-refractivity contribution in [2.75, 3.05) is 0 Å². The van der Waals surface area contributed by atoms with Gasteiger partial charge in [0.2, 0.25) is 0 Å². The predicted octanol–water partition coefficient (Wildman–Crippen LogP) is 2.46. The number of fused-ring (bicyclic) bond motifs is 1. The summed E-state index contributed by atoms with van der Waals surface area (Å²) < 4.78 is 1.87. The van der Waals surface area contributed by atoms with Gasteiger partial charge in [0.1, 0.15) is 0 Å². The number of carbonyl (C=O) groups is 1. The first kappa shape index (κ1) is 13.5. The third kappa shape index (κ3) is 2.59. The maximum atomic E-state index is 12.1. The number of pyridine rings is 1. The molecule has 1 amide bonds. The van der Waals surface area contributed by atoms with E-state index < -0.39 is 0 Å². The molecule has 2 heterocycles. The Labute approximate surface area is 113 Å². The van der Waals surface area contributed by atoms with Crippen LogP contribution in [0.25, 0.3) is 11.0 Å². The molecule has 0 radical (unpaired) electrons. The van der Waals surface area contributed by atoms with Gasteiger partial charge in [0, 0.05) is 17.5 Å². The van der Waals surface area contributed by atoms with E-state index in [4.69, 9.17) is 0 Å². The molecule has 5 heteroatoms. The molecule has 0 unspecified atom stereocenters. The number of carbonyl (C=O) groups excluding carboxylic acids is 1. The molecule has 0 atom stereocenters. The minimum Gasteiger partial charge on any atom is -0.350 e. The van der Waals surface area contributed by atoms with Gasteiger partial charge >= 0.3 is 0 Å². The van der Waals surface area contributed by atoms with Crippen molar-refractivity contribution < 1.29 is 4.79 Å². The van der Waals surface area contributed by atoms with E-state index in [1.807, 2.05) is 31.5 Å². The summed E-state index contributed by atoms with van der Waals surface area (Å²) in [6.45, 7) is 9.85. The standard InChI is InChI=1S/C14H20N4O/c1-8(2)16-14(19)12-6-11-7-15-18(9(3)4)13(11)17-10(12)5/h6-9H,1-5H3,(H,16,19). The number of hydrogen-bond donors (Lipinski definition) is 1. The van der Waals surface area contributed by atoms with Gasteiger partial charge in [-0.25, -0.2) is 9.67 Å². The lowest BCUT2D eigenvalue weighted by atomic mass is 10.1. The molecule has 0 bridgehead atoms. The number of amides is 1. The van der Waals surface area contributed by atoms with Crippen LogP contribution in [0, 0.1) is 6.92 Å². The summed E-state index contributed by atoms with van der Waals surface area (Å²) in [7, 11) is 0. The summed E-state index contributed by atoms with van der Waals surface area (Å²) in [6, 6.07) is 2.22. The Hall–Kier alpha value is -1.91. The van der Waals surface area contributed by atoms with Gasteiger partial charge in [-0.15, -0.1) is 0 Å². The number of aromatic nitrogens is 3. The highest BCUT2D eigenvalue weighted by molar-refractivity contribution is 5.98. The molecule has 5 nitrogen and oxygen atoms in total. The van der Waals surface area contributed by atoms with Crippen molar-refractivity contribution in [2.24, 2.45) is 0 Å². The Morgan fingerprint density at radius 1 is 1.32 bits per heavy atom. The van der Waals surface area contributed by atoms with E-state index in [0.717, 1.165) is 16.7 Å². The van der Waals surface area contributed by atoms with Gasteiger partial charge in [0.05, 0.1) is 17.5 Å². The fourth-order valence-corrected chi connectivity index (χ4v) is 2.01. The molecule has 0 aromatic carbocycles. The van der Waals surface area contributed by atoms with Crippen molar-refractivity contribution in [1.82, 2.24) is 20.1 Å². The number of nitrogens with zero attached hydrogens (tertiary/aromatic N) is 3. The first-order chi connectivity index (χ1) is 8.90. The number of nitrogens with one attached hydrogen (secondary N) is 1. The molecule has 0 aliphatic heterocycles. The average Bonchev–Trinajstić information content (AvgIpc) is 2.69. The number of hydrogen-bond acceptors (Lipinski definition) is 3. The smallest absolute Gasteiger partial charge is 0.253 e. The third-order valence-electron chi connectivity index (χ3n) is 2.91. The summed E-state index contributed by atoms with van der Waals surface area (Å²) >= 11 is 0. The second-order valence-electron chi connectivity index (χ2n) is 5.35. The Bertz CT molecular complexity index is 613. The van der Waals surface area contributed by atoms with Crippen LogP contribution in [-0.2, 0) is 0 Å². The van der Waals surface area contributed by atoms with E-state index in [2.05, 4.69) is 29.2 Å². The summed E-state index contributed by atoms with van der Waals surface area (Å²) in [5.74, 6) is -0.0841. The summed E-state index contributed by atoms with van der Waals surface area (Å²) in [6.07, 6.45) is 1.76. The quantitative estimate of drug-likeness (QED) is 0.922. The lowest BCUT2D eigenvalue weighted by Crippen LogP contribution is -2.30. The minimum absolute atomic E-state index is 0.0841. The molecule has 2 aromatic heterocycles. The SMILES string of the molecule is Cc1nc2c(cnn2C(C)C)cc1C(=O)NC(C)C. The van der Waals surface area contributed by atoms with Crippen LogP contribution in [0.2, 0.25) is 0 Å². The second kappa shape index (κ2) is 4.99. The molecule has 0 saturated heterocycles. The van der Waals surface area contributed by atoms with E-state index >= 15 is 0 Å². The van der Waals surface area contributed by atoms with Crippen LogP contribution < -0.4 is 5.32 Å². The van der Waals surface area contributed by atoms with Crippen molar-refractivity contribution in [3.63, 3.8) is 0 Å². The maximum Gasteiger partial charge on any atom is 0.253 e. The molecule has 2 aromatic rings. The molecule has 0 aliphatic carbocycles. The van der Waals surface area contributed by atoms with Crippen LogP contribution in [0.15, 0.2) is 12.3 Å². The van der Waals surface area contributed by atoms with Crippen LogP contribution in [-0.4, -0.2) is 26.7 Å². The Morgan fingerprint density at radius 2 is 2.00 bits per heavy atom. The molecule has 19 heavy (non-hydrogen) atoms. The third-order valence-corrected chi connectivity index (χ3v) is 2.91.